The zero-order valence-electron chi connectivity index (χ0n) is 26.7. The smallest absolute Gasteiger partial charge is 0.255 e. The molecule has 0 spiro atoms. The molecule has 0 atom stereocenters. The second-order valence-electron chi connectivity index (χ2n) is 12.0. The van der Waals surface area contributed by atoms with Crippen molar-refractivity contribution in [3.8, 4) is 22.4 Å². The molecular formula is C37H34N10OS. The number of nitrogens with one attached hydrogen (secondary N) is 2. The molecule has 0 fully saturated rings. The van der Waals surface area contributed by atoms with E-state index in [0.717, 1.165) is 70.8 Å². The number of hydrogen-bond acceptors (Lipinski definition) is 8. The van der Waals surface area contributed by atoms with Crippen molar-refractivity contribution in [1.82, 2.24) is 44.9 Å². The molecule has 1 aliphatic heterocycles. The van der Waals surface area contributed by atoms with Crippen LogP contribution in [0, 0.1) is 0 Å². The van der Waals surface area contributed by atoms with Crippen molar-refractivity contribution < 1.29 is 4.79 Å². The number of carbonyl (C=O) groups is 1. The Morgan fingerprint density at radius 2 is 1.82 bits per heavy atom. The maximum absolute atomic E-state index is 13.9. The lowest BCUT2D eigenvalue weighted by Crippen LogP contribution is -2.25. The number of thiophene rings is 1. The summed E-state index contributed by atoms with van der Waals surface area (Å²) in [6.07, 6.45) is 6.96. The molecule has 0 radical (unpaired) electrons. The van der Waals surface area contributed by atoms with Crippen molar-refractivity contribution >= 4 is 22.9 Å². The molecular weight excluding hydrogens is 633 g/mol. The highest BCUT2D eigenvalue weighted by Gasteiger charge is 2.27. The summed E-state index contributed by atoms with van der Waals surface area (Å²) in [5.41, 5.74) is 9.42. The number of amides is 1. The molecule has 0 aliphatic carbocycles. The first-order chi connectivity index (χ1) is 24.2. The van der Waals surface area contributed by atoms with Gasteiger partial charge in [0.2, 0.25) is 0 Å². The predicted octanol–water partition coefficient (Wildman–Crippen LogP) is 6.05. The van der Waals surface area contributed by atoms with E-state index in [-0.39, 0.29) is 5.91 Å². The molecule has 7 aromatic rings. The van der Waals surface area contributed by atoms with Gasteiger partial charge in [-0.3, -0.25) is 9.48 Å². The van der Waals surface area contributed by atoms with Gasteiger partial charge in [-0.15, -0.1) is 16.4 Å². The molecule has 8 rings (SSSR count). The van der Waals surface area contributed by atoms with E-state index < -0.39 is 0 Å². The number of nitrogens with zero attached hydrogens (tertiary/aromatic N) is 8. The molecule has 0 unspecified atom stereocenters. The fraction of sp³-hybridized carbons (Fsp3) is 0.189. The van der Waals surface area contributed by atoms with Crippen LogP contribution in [0.5, 0.6) is 0 Å². The summed E-state index contributed by atoms with van der Waals surface area (Å²) in [5.74, 6) is -0.124. The van der Waals surface area contributed by atoms with Crippen molar-refractivity contribution in [3.63, 3.8) is 0 Å². The van der Waals surface area contributed by atoms with E-state index in [2.05, 4.69) is 97.1 Å². The van der Waals surface area contributed by atoms with E-state index in [1.165, 1.54) is 11.2 Å². The monoisotopic (exact) mass is 666 g/mol. The van der Waals surface area contributed by atoms with Crippen LogP contribution in [0.3, 0.4) is 0 Å². The van der Waals surface area contributed by atoms with Gasteiger partial charge in [0.15, 0.2) is 0 Å². The van der Waals surface area contributed by atoms with E-state index in [1.807, 2.05) is 35.1 Å². The number of fused-ring (bicyclic) bond motifs is 1. The highest BCUT2D eigenvalue weighted by Crippen LogP contribution is 2.27. The molecule has 4 aromatic heterocycles. The van der Waals surface area contributed by atoms with Gasteiger partial charge < -0.3 is 10.6 Å². The van der Waals surface area contributed by atoms with Crippen LogP contribution in [0.1, 0.15) is 44.2 Å². The fourth-order valence-corrected chi connectivity index (χ4v) is 6.97. The molecule has 0 bridgehead atoms. The first-order valence-electron chi connectivity index (χ1n) is 16.3. The Morgan fingerprint density at radius 1 is 0.898 bits per heavy atom. The molecule has 3 aromatic carbocycles. The fourth-order valence-electron chi connectivity index (χ4n) is 6.32. The average molecular weight is 667 g/mol. The summed E-state index contributed by atoms with van der Waals surface area (Å²) >= 11 is 1.73. The Morgan fingerprint density at radius 3 is 2.67 bits per heavy atom. The quantitative estimate of drug-likeness (QED) is 0.163. The third-order valence-electron chi connectivity index (χ3n) is 8.73. The normalized spacial score (nSPS) is 12.2. The molecule has 2 N–H and O–H groups in total. The van der Waals surface area contributed by atoms with Gasteiger partial charge in [-0.25, -0.2) is 14.3 Å². The van der Waals surface area contributed by atoms with E-state index >= 15 is 0 Å². The van der Waals surface area contributed by atoms with E-state index in [4.69, 9.17) is 5.10 Å². The van der Waals surface area contributed by atoms with Crippen LogP contribution < -0.4 is 10.6 Å². The Labute approximate surface area is 287 Å². The number of anilines is 1. The van der Waals surface area contributed by atoms with Crippen molar-refractivity contribution in [2.75, 3.05) is 5.32 Å². The second kappa shape index (κ2) is 13.7. The lowest BCUT2D eigenvalue weighted by molar-refractivity contribution is 0.0949. The molecule has 12 heteroatoms. The Balaban J connectivity index is 0.965. The molecule has 0 saturated carbocycles. The highest BCUT2D eigenvalue weighted by atomic mass is 32.1. The van der Waals surface area contributed by atoms with Gasteiger partial charge >= 0.3 is 0 Å². The van der Waals surface area contributed by atoms with Crippen molar-refractivity contribution in [2.45, 2.75) is 45.6 Å². The van der Waals surface area contributed by atoms with Crippen LogP contribution in [0.4, 0.5) is 5.69 Å². The minimum Gasteiger partial charge on any atom is -0.380 e. The zero-order valence-corrected chi connectivity index (χ0v) is 27.6. The lowest BCUT2D eigenvalue weighted by Gasteiger charge is -2.12. The number of benzene rings is 3. The van der Waals surface area contributed by atoms with Crippen LogP contribution in [-0.2, 0) is 39.1 Å². The number of aromatic nitrogens is 8. The van der Waals surface area contributed by atoms with Gasteiger partial charge in [0, 0.05) is 35.8 Å². The maximum atomic E-state index is 13.9. The molecule has 244 valence electrons. The van der Waals surface area contributed by atoms with E-state index in [9.17, 15) is 4.79 Å². The molecule has 11 nitrogen and oxygen atoms in total. The summed E-state index contributed by atoms with van der Waals surface area (Å²) in [5, 5.41) is 26.7. The average Bonchev–Trinajstić information content (AvgIpc) is 3.98. The molecule has 5 heterocycles. The van der Waals surface area contributed by atoms with Crippen LogP contribution in [-0.4, -0.2) is 45.4 Å². The predicted molar refractivity (Wildman–Crippen MR) is 189 cm³/mol. The van der Waals surface area contributed by atoms with E-state index in [0.29, 0.717) is 30.9 Å². The van der Waals surface area contributed by atoms with Gasteiger partial charge in [0.1, 0.15) is 18.3 Å². The van der Waals surface area contributed by atoms with Crippen molar-refractivity contribution in [1.29, 1.82) is 0 Å². The summed E-state index contributed by atoms with van der Waals surface area (Å²) in [6, 6.07) is 29.0. The number of carbonyl (C=O) groups excluding carboxylic acids is 1. The Bertz CT molecular complexity index is 2180. The summed E-state index contributed by atoms with van der Waals surface area (Å²) in [7, 11) is 0. The molecule has 1 amide bonds. The third kappa shape index (κ3) is 6.76. The van der Waals surface area contributed by atoms with Crippen LogP contribution >= 0.6 is 11.3 Å². The van der Waals surface area contributed by atoms with Gasteiger partial charge in [0.25, 0.3) is 5.91 Å². The number of hydrogen-bond donors (Lipinski definition) is 2. The van der Waals surface area contributed by atoms with Crippen LogP contribution in [0.25, 0.3) is 22.4 Å². The SMILES string of the molecule is O=C(NCc1ccccc1-c1ccc(Cn2cncn2)cc1)c1c(Cn2cc(-c3cccc(NCc4cccs4)c3)nn2)nn2c1CCC2. The van der Waals surface area contributed by atoms with Gasteiger partial charge in [-0.2, -0.15) is 10.2 Å². The van der Waals surface area contributed by atoms with Gasteiger partial charge in [-0.05, 0) is 58.7 Å². The van der Waals surface area contributed by atoms with Crippen molar-refractivity contribution in [2.24, 2.45) is 0 Å². The van der Waals surface area contributed by atoms with E-state index in [1.54, 1.807) is 27.0 Å². The van der Waals surface area contributed by atoms with Gasteiger partial charge in [0.05, 0.1) is 36.2 Å². The molecule has 1 aliphatic rings. The highest BCUT2D eigenvalue weighted by molar-refractivity contribution is 7.09. The summed E-state index contributed by atoms with van der Waals surface area (Å²) in [4.78, 5) is 19.2. The third-order valence-corrected chi connectivity index (χ3v) is 9.61. The second-order valence-corrected chi connectivity index (χ2v) is 13.1. The molecule has 0 saturated heterocycles. The number of aryl methyl sites for hydroxylation is 1. The Kier molecular flexibility index (Phi) is 8.51. The Hall–Kier alpha value is -5.88. The minimum absolute atomic E-state index is 0.124. The standard InChI is InChI=1S/C37H34N10OS/c48-37(40-19-29-6-1-2-10-32(29)27-14-12-26(13-15-27)21-46-25-38-24-41-46)36-34(43-47-16-4-11-35(36)47)23-45-22-33(42-44-45)28-7-3-8-30(18-28)39-20-31-9-5-17-49-31/h1-3,5-10,12-15,17-18,22,24-25,39H,4,11,16,19-21,23H2,(H,40,48). The summed E-state index contributed by atoms with van der Waals surface area (Å²) in [6.45, 7) is 2.98. The first-order valence-corrected chi connectivity index (χ1v) is 17.2. The minimum atomic E-state index is -0.124. The molecule has 49 heavy (non-hydrogen) atoms. The van der Waals surface area contributed by atoms with Gasteiger partial charge in [-0.1, -0.05) is 71.9 Å². The largest absolute Gasteiger partial charge is 0.380 e. The zero-order chi connectivity index (χ0) is 33.0. The van der Waals surface area contributed by atoms with Crippen LogP contribution in [0.2, 0.25) is 0 Å². The first kappa shape index (κ1) is 30.5. The lowest BCUT2D eigenvalue weighted by atomic mass is 9.98. The summed E-state index contributed by atoms with van der Waals surface area (Å²) < 4.78 is 5.53. The van der Waals surface area contributed by atoms with Crippen LogP contribution in [0.15, 0.2) is 109 Å². The maximum Gasteiger partial charge on any atom is 0.255 e. The number of rotatable bonds is 12. The topological polar surface area (TPSA) is 120 Å². The van der Waals surface area contributed by atoms with Crippen molar-refractivity contribution in [3.05, 3.63) is 142 Å².